The topological polar surface area (TPSA) is 81.0 Å². The van der Waals surface area contributed by atoms with Crippen LogP contribution in [0.4, 0.5) is 5.69 Å². The number of aromatic nitrogens is 1. The number of nitrogens with zero attached hydrogens (tertiary/aromatic N) is 2. The van der Waals surface area contributed by atoms with Gasteiger partial charge in [0.25, 0.3) is 5.56 Å². The lowest BCUT2D eigenvalue weighted by Gasteiger charge is -2.09. The molecule has 0 saturated heterocycles. The predicted octanol–water partition coefficient (Wildman–Crippen LogP) is 1.58. The summed E-state index contributed by atoms with van der Waals surface area (Å²) in [7, 11) is 0. The Bertz CT molecular complexity index is 669. The first-order valence-electron chi connectivity index (χ1n) is 6.24. The van der Waals surface area contributed by atoms with E-state index in [1.807, 2.05) is 24.3 Å². The Kier molecular flexibility index (Phi) is 4.40. The van der Waals surface area contributed by atoms with Crippen molar-refractivity contribution in [1.29, 1.82) is 5.26 Å². The Morgan fingerprint density at radius 2 is 1.95 bits per heavy atom. The first-order valence-corrected chi connectivity index (χ1v) is 6.24. The van der Waals surface area contributed by atoms with Crippen molar-refractivity contribution in [3.63, 3.8) is 0 Å². The van der Waals surface area contributed by atoms with Crippen molar-refractivity contribution in [1.82, 2.24) is 4.57 Å². The first kappa shape index (κ1) is 13.7. The van der Waals surface area contributed by atoms with Crippen LogP contribution in [0.2, 0.25) is 0 Å². The van der Waals surface area contributed by atoms with Crippen LogP contribution < -0.4 is 16.0 Å². The van der Waals surface area contributed by atoms with Gasteiger partial charge in [-0.3, -0.25) is 4.79 Å². The number of anilines is 1. The standard InChI is InChI=1S/C15H15N3O2/c16-8-7-12-1-4-14(5-2-12)20-10-9-18-11-13(17)3-6-15(18)19/h1-6,11H,7,9-10,17H2. The van der Waals surface area contributed by atoms with Crippen molar-refractivity contribution < 1.29 is 4.74 Å². The maximum atomic E-state index is 11.6. The number of nitrogens with two attached hydrogens (primary N) is 1. The third kappa shape index (κ3) is 3.62. The second kappa shape index (κ2) is 6.43. The minimum atomic E-state index is -0.104. The van der Waals surface area contributed by atoms with Crippen molar-refractivity contribution >= 4 is 5.69 Å². The monoisotopic (exact) mass is 269 g/mol. The summed E-state index contributed by atoms with van der Waals surface area (Å²) in [6.07, 6.45) is 1.99. The Morgan fingerprint density at radius 1 is 1.20 bits per heavy atom. The molecule has 5 nitrogen and oxygen atoms in total. The van der Waals surface area contributed by atoms with Gasteiger partial charge in [-0.2, -0.15) is 5.26 Å². The molecule has 0 radical (unpaired) electrons. The first-order chi connectivity index (χ1) is 9.69. The van der Waals surface area contributed by atoms with Gasteiger partial charge >= 0.3 is 0 Å². The van der Waals surface area contributed by atoms with Crippen LogP contribution in [0.15, 0.2) is 47.4 Å². The van der Waals surface area contributed by atoms with Crippen molar-refractivity contribution in [2.24, 2.45) is 0 Å². The smallest absolute Gasteiger partial charge is 0.250 e. The zero-order valence-corrected chi connectivity index (χ0v) is 11.0. The lowest BCUT2D eigenvalue weighted by atomic mass is 10.2. The number of pyridine rings is 1. The van der Waals surface area contributed by atoms with Gasteiger partial charge in [-0.15, -0.1) is 0 Å². The molecule has 2 rings (SSSR count). The molecule has 2 aromatic rings. The van der Waals surface area contributed by atoms with Crippen LogP contribution in [0, 0.1) is 11.3 Å². The molecule has 0 aliphatic heterocycles. The van der Waals surface area contributed by atoms with E-state index in [4.69, 9.17) is 15.7 Å². The Morgan fingerprint density at radius 3 is 2.65 bits per heavy atom. The van der Waals surface area contributed by atoms with Crippen molar-refractivity contribution in [2.45, 2.75) is 13.0 Å². The third-order valence-electron chi connectivity index (χ3n) is 2.81. The van der Waals surface area contributed by atoms with Gasteiger partial charge in [0.15, 0.2) is 0 Å². The molecule has 0 atom stereocenters. The molecule has 5 heteroatoms. The van der Waals surface area contributed by atoms with E-state index in [0.29, 0.717) is 31.0 Å². The molecule has 20 heavy (non-hydrogen) atoms. The van der Waals surface area contributed by atoms with Crippen LogP contribution in [-0.2, 0) is 13.0 Å². The molecule has 1 aromatic heterocycles. The van der Waals surface area contributed by atoms with Gasteiger partial charge in [0.1, 0.15) is 12.4 Å². The summed E-state index contributed by atoms with van der Waals surface area (Å²) in [4.78, 5) is 11.6. The quantitative estimate of drug-likeness (QED) is 0.893. The fourth-order valence-electron chi connectivity index (χ4n) is 1.78. The van der Waals surface area contributed by atoms with E-state index in [9.17, 15) is 4.79 Å². The summed E-state index contributed by atoms with van der Waals surface area (Å²) in [6.45, 7) is 0.810. The van der Waals surface area contributed by atoms with Crippen LogP contribution in [0.25, 0.3) is 0 Å². The third-order valence-corrected chi connectivity index (χ3v) is 2.81. The molecule has 102 valence electrons. The molecular formula is C15H15N3O2. The lowest BCUT2D eigenvalue weighted by Crippen LogP contribution is -2.22. The number of nitriles is 1. The number of rotatable bonds is 5. The molecule has 0 bridgehead atoms. The molecule has 0 spiro atoms. The molecule has 0 fully saturated rings. The maximum Gasteiger partial charge on any atom is 0.250 e. The Hall–Kier alpha value is -2.74. The summed E-state index contributed by atoms with van der Waals surface area (Å²) >= 11 is 0. The molecule has 0 unspecified atom stereocenters. The van der Waals surface area contributed by atoms with Crippen LogP contribution >= 0.6 is 0 Å². The van der Waals surface area contributed by atoms with Gasteiger partial charge in [-0.25, -0.2) is 0 Å². The minimum absolute atomic E-state index is 0.104. The normalized spacial score (nSPS) is 9.95. The molecule has 0 aliphatic rings. The highest BCUT2D eigenvalue weighted by Gasteiger charge is 1.98. The summed E-state index contributed by atoms with van der Waals surface area (Å²) in [5.74, 6) is 0.712. The van der Waals surface area contributed by atoms with Gasteiger partial charge in [0.05, 0.1) is 19.0 Å². The van der Waals surface area contributed by atoms with Gasteiger partial charge in [-0.05, 0) is 23.8 Å². The van der Waals surface area contributed by atoms with E-state index in [1.165, 1.54) is 10.6 Å². The number of nitrogen functional groups attached to an aromatic ring is 1. The summed E-state index contributed by atoms with van der Waals surface area (Å²) in [5, 5.41) is 8.58. The average Bonchev–Trinajstić information content (AvgIpc) is 2.45. The zero-order valence-electron chi connectivity index (χ0n) is 11.0. The van der Waals surface area contributed by atoms with Crippen molar-refractivity contribution in [2.75, 3.05) is 12.3 Å². The fourth-order valence-corrected chi connectivity index (χ4v) is 1.78. The van der Waals surface area contributed by atoms with Crippen molar-refractivity contribution in [3.05, 3.63) is 58.5 Å². The summed E-state index contributed by atoms with van der Waals surface area (Å²) in [5.41, 5.74) is 7.02. The van der Waals surface area contributed by atoms with E-state index >= 15 is 0 Å². The van der Waals surface area contributed by atoms with E-state index in [-0.39, 0.29) is 5.56 Å². The molecule has 1 aromatic carbocycles. The van der Waals surface area contributed by atoms with E-state index in [2.05, 4.69) is 6.07 Å². The summed E-state index contributed by atoms with van der Waals surface area (Å²) < 4.78 is 7.07. The van der Waals surface area contributed by atoms with Gasteiger partial charge in [-0.1, -0.05) is 12.1 Å². The van der Waals surface area contributed by atoms with Crippen LogP contribution in [0.5, 0.6) is 5.75 Å². The van der Waals surface area contributed by atoms with E-state index in [1.54, 1.807) is 12.3 Å². The Labute approximate surface area is 116 Å². The molecule has 2 N–H and O–H groups in total. The van der Waals surface area contributed by atoms with Gasteiger partial charge in [0, 0.05) is 18.0 Å². The SMILES string of the molecule is N#CCc1ccc(OCCn2cc(N)ccc2=O)cc1. The lowest BCUT2D eigenvalue weighted by molar-refractivity contribution is 0.296. The van der Waals surface area contributed by atoms with Gasteiger partial charge in [0.2, 0.25) is 0 Å². The number of hydrogen-bond donors (Lipinski definition) is 1. The zero-order chi connectivity index (χ0) is 14.4. The molecule has 0 amide bonds. The highest BCUT2D eigenvalue weighted by Crippen LogP contribution is 2.12. The van der Waals surface area contributed by atoms with Crippen LogP contribution in [0.1, 0.15) is 5.56 Å². The van der Waals surface area contributed by atoms with Crippen molar-refractivity contribution in [3.8, 4) is 11.8 Å². The Balaban J connectivity index is 1.91. The highest BCUT2D eigenvalue weighted by molar-refractivity contribution is 5.33. The number of ether oxygens (including phenoxy) is 1. The molecule has 0 aliphatic carbocycles. The average molecular weight is 269 g/mol. The van der Waals surface area contributed by atoms with Crippen LogP contribution in [0.3, 0.4) is 0 Å². The predicted molar refractivity (Wildman–Crippen MR) is 76.4 cm³/mol. The maximum absolute atomic E-state index is 11.6. The molecule has 1 heterocycles. The largest absolute Gasteiger partial charge is 0.492 e. The fraction of sp³-hybridized carbons (Fsp3) is 0.200. The van der Waals surface area contributed by atoms with Gasteiger partial charge < -0.3 is 15.0 Å². The van der Waals surface area contributed by atoms with E-state index < -0.39 is 0 Å². The number of hydrogen-bond acceptors (Lipinski definition) is 4. The molecule has 0 saturated carbocycles. The second-order valence-electron chi connectivity index (χ2n) is 4.32. The van der Waals surface area contributed by atoms with Crippen LogP contribution in [-0.4, -0.2) is 11.2 Å². The minimum Gasteiger partial charge on any atom is -0.492 e. The number of benzene rings is 1. The second-order valence-corrected chi connectivity index (χ2v) is 4.32. The summed E-state index contributed by atoms with van der Waals surface area (Å²) in [6, 6.07) is 12.4. The highest BCUT2D eigenvalue weighted by atomic mass is 16.5. The molecular weight excluding hydrogens is 254 g/mol. The van der Waals surface area contributed by atoms with E-state index in [0.717, 1.165) is 5.56 Å².